The Morgan fingerprint density at radius 2 is 0.851 bits per heavy atom. The lowest BCUT2D eigenvalue weighted by molar-refractivity contribution is 0.736. The Bertz CT molecular complexity index is 3420. The van der Waals surface area contributed by atoms with Gasteiger partial charge in [0.2, 0.25) is 0 Å². The molecule has 2 aliphatic rings. The van der Waals surface area contributed by atoms with Crippen LogP contribution in [0.25, 0.3) is 39.0 Å². The lowest BCUT2D eigenvalue weighted by Gasteiger charge is -2.53. The first-order valence-electron chi connectivity index (χ1n) is 22.3. The summed E-state index contributed by atoms with van der Waals surface area (Å²) in [7, 11) is -2.93. The van der Waals surface area contributed by atoms with Crippen molar-refractivity contribution in [2.24, 2.45) is 0 Å². The van der Waals surface area contributed by atoms with Crippen LogP contribution < -0.4 is 25.6 Å². The number of para-hydroxylation sites is 2. The van der Waals surface area contributed by atoms with Crippen LogP contribution in [0.3, 0.4) is 0 Å². The van der Waals surface area contributed by atoms with Gasteiger partial charge in [0.15, 0.2) is 31.2 Å². The lowest BCUT2D eigenvalue weighted by atomic mass is 9.62. The number of hydrogen-bond acceptors (Lipinski definition) is 5. The van der Waals surface area contributed by atoms with Gasteiger partial charge in [-0.2, -0.15) is 5.26 Å². The van der Waals surface area contributed by atoms with Crippen molar-refractivity contribution >= 4 is 51.6 Å². The minimum atomic E-state index is -2.93. The van der Waals surface area contributed by atoms with E-state index in [4.69, 9.17) is 21.5 Å². The monoisotopic (exact) mass is 870 g/mol. The van der Waals surface area contributed by atoms with Gasteiger partial charge in [-0.3, -0.25) is 0 Å². The van der Waals surface area contributed by atoms with Crippen LogP contribution in [-0.2, 0) is 5.41 Å². The van der Waals surface area contributed by atoms with Crippen LogP contribution in [-0.4, -0.2) is 23.0 Å². The van der Waals surface area contributed by atoms with Crippen molar-refractivity contribution in [2.75, 3.05) is 4.90 Å². The summed E-state index contributed by atoms with van der Waals surface area (Å²) < 4.78 is 0. The zero-order chi connectivity index (χ0) is 45.0. The van der Waals surface area contributed by atoms with Crippen molar-refractivity contribution in [3.05, 3.63) is 270 Å². The van der Waals surface area contributed by atoms with Crippen LogP contribution >= 0.6 is 0 Å². The third-order valence-corrected chi connectivity index (χ3v) is 18.4. The molecule has 312 valence electrons. The minimum Gasteiger partial charge on any atom is -0.310 e. The number of nitrogens with zero attached hydrogens (tertiary/aromatic N) is 6. The predicted octanol–water partition coefficient (Wildman–Crippen LogP) is 11.2. The highest BCUT2D eigenvalue weighted by molar-refractivity contribution is 7.20. The molecule has 1 spiro atoms. The highest BCUT2D eigenvalue weighted by Gasteiger charge is 2.57. The zero-order valence-corrected chi connectivity index (χ0v) is 37.1. The van der Waals surface area contributed by atoms with E-state index >= 15 is 0 Å². The van der Waals surface area contributed by atoms with Gasteiger partial charge in [-0.05, 0) is 67.3 Å². The number of fused-ring (bicyclic) bond motifs is 8. The SMILES string of the molecule is [C-]#[N+]c1cc(N2c3ccccc3C3(c4ccccc42)c2ccccc2[Si](c2ccccc2)(c2ccccc2)c2ccccc23)c(C#N)cc1-c1nc(-c2ccccc2)nc(-c2ccccc2)n1. The maximum Gasteiger partial charge on any atom is 0.200 e. The van der Waals surface area contributed by atoms with E-state index in [1.54, 1.807) is 6.07 Å². The summed E-state index contributed by atoms with van der Waals surface area (Å²) in [6.45, 7) is 8.65. The van der Waals surface area contributed by atoms with Crippen LogP contribution in [0.4, 0.5) is 22.7 Å². The van der Waals surface area contributed by atoms with E-state index in [-0.39, 0.29) is 0 Å². The number of benzene rings is 9. The molecule has 0 radical (unpaired) electrons. The van der Waals surface area contributed by atoms with Gasteiger partial charge in [-0.25, -0.2) is 19.8 Å². The minimum absolute atomic E-state index is 0.319. The summed E-state index contributed by atoms with van der Waals surface area (Å²) in [6, 6.07) is 83.3. The molecule has 6 nitrogen and oxygen atoms in total. The van der Waals surface area contributed by atoms with Crippen LogP contribution in [0.2, 0.25) is 0 Å². The molecule has 0 amide bonds. The first-order valence-corrected chi connectivity index (χ1v) is 24.3. The van der Waals surface area contributed by atoms with Gasteiger partial charge in [-0.1, -0.05) is 206 Å². The fourth-order valence-electron chi connectivity index (χ4n) is 10.9. The van der Waals surface area contributed by atoms with Gasteiger partial charge in [0.05, 0.1) is 34.6 Å². The average molecular weight is 871 g/mol. The molecule has 10 aromatic rings. The Hall–Kier alpha value is -9.01. The quantitative estimate of drug-likeness (QED) is 0.123. The number of hydrogen-bond donors (Lipinski definition) is 0. The average Bonchev–Trinajstić information content (AvgIpc) is 3.41. The summed E-state index contributed by atoms with van der Waals surface area (Å²) in [5.74, 6) is 1.28. The van der Waals surface area contributed by atoms with E-state index < -0.39 is 13.5 Å². The van der Waals surface area contributed by atoms with Crippen molar-refractivity contribution in [1.82, 2.24) is 15.0 Å². The molecule has 67 heavy (non-hydrogen) atoms. The standard InChI is InChI=1S/C60H38N6Si/c1-62-51-39-54(43(40-61)38-46(51)59-64-57(41-22-6-2-7-23-41)63-58(65-59)42-24-8-3-9-25-42)66-52-34-18-14-30-47(52)60(48-31-15-19-35-53(48)66)49-32-16-20-36-55(49)67(44-26-10-4-11-27-44,45-28-12-5-13-29-45)56-37-21-17-33-50(56)60/h2-39H. The van der Waals surface area contributed by atoms with E-state index in [1.165, 1.54) is 31.9 Å². The number of nitriles is 1. The number of anilines is 3. The molecule has 0 saturated carbocycles. The summed E-state index contributed by atoms with van der Waals surface area (Å²) >= 11 is 0. The second kappa shape index (κ2) is 15.9. The first kappa shape index (κ1) is 39.6. The van der Waals surface area contributed by atoms with Crippen LogP contribution in [0.5, 0.6) is 0 Å². The number of rotatable bonds is 6. The molecule has 0 unspecified atom stereocenters. The van der Waals surface area contributed by atoms with E-state index in [1.807, 2.05) is 66.7 Å². The fourth-order valence-corrected chi connectivity index (χ4v) is 16.2. The van der Waals surface area contributed by atoms with E-state index in [9.17, 15) is 5.26 Å². The largest absolute Gasteiger partial charge is 0.310 e. The molecule has 1 aromatic heterocycles. The van der Waals surface area contributed by atoms with Crippen molar-refractivity contribution in [1.29, 1.82) is 5.26 Å². The highest BCUT2D eigenvalue weighted by atomic mass is 28.3. The fraction of sp³-hybridized carbons (Fsp3) is 0.0167. The molecular weight excluding hydrogens is 833 g/mol. The Morgan fingerprint density at radius 3 is 1.31 bits per heavy atom. The topological polar surface area (TPSA) is 70.1 Å². The van der Waals surface area contributed by atoms with Crippen molar-refractivity contribution in [3.63, 3.8) is 0 Å². The second-order valence-corrected chi connectivity index (χ2v) is 20.6. The van der Waals surface area contributed by atoms with Crippen molar-refractivity contribution < 1.29 is 0 Å². The van der Waals surface area contributed by atoms with Crippen molar-refractivity contribution in [3.8, 4) is 40.2 Å². The molecule has 12 rings (SSSR count). The second-order valence-electron chi connectivity index (χ2n) is 16.8. The molecule has 0 aliphatic carbocycles. The Morgan fingerprint density at radius 1 is 0.448 bits per heavy atom. The van der Waals surface area contributed by atoms with Crippen molar-refractivity contribution in [2.45, 2.75) is 5.41 Å². The molecule has 7 heteroatoms. The molecule has 0 fully saturated rings. The molecule has 0 N–H and O–H groups in total. The summed E-state index contributed by atoms with van der Waals surface area (Å²) in [4.78, 5) is 21.1. The maximum atomic E-state index is 11.2. The molecule has 0 bridgehead atoms. The van der Waals surface area contributed by atoms with Gasteiger partial charge < -0.3 is 4.90 Å². The van der Waals surface area contributed by atoms with Gasteiger partial charge >= 0.3 is 0 Å². The highest BCUT2D eigenvalue weighted by Crippen LogP contribution is 2.59. The predicted molar refractivity (Wildman–Crippen MR) is 271 cm³/mol. The van der Waals surface area contributed by atoms with Gasteiger partial charge in [0.25, 0.3) is 0 Å². The normalized spacial score (nSPS) is 13.6. The third-order valence-electron chi connectivity index (χ3n) is 13.5. The summed E-state index contributed by atoms with van der Waals surface area (Å²) in [6.07, 6.45) is 0. The summed E-state index contributed by atoms with van der Waals surface area (Å²) in [5.41, 5.74) is 9.17. The third kappa shape index (κ3) is 5.89. The Labute approximate surface area is 390 Å². The van der Waals surface area contributed by atoms with Gasteiger partial charge in [-0.15, -0.1) is 0 Å². The van der Waals surface area contributed by atoms with E-state index in [2.05, 4.69) is 174 Å². The van der Waals surface area contributed by atoms with Gasteiger partial charge in [0, 0.05) is 16.7 Å². The van der Waals surface area contributed by atoms with Crippen LogP contribution in [0.15, 0.2) is 231 Å². The Kier molecular flexibility index (Phi) is 9.39. The zero-order valence-electron chi connectivity index (χ0n) is 36.1. The Balaban J connectivity index is 1.11. The molecule has 3 heterocycles. The van der Waals surface area contributed by atoms with E-state index in [0.717, 1.165) is 33.6 Å². The van der Waals surface area contributed by atoms with E-state index in [0.29, 0.717) is 40.0 Å². The molecular formula is C60H38N6Si. The molecule has 0 atom stereocenters. The van der Waals surface area contributed by atoms with Crippen LogP contribution in [0, 0.1) is 17.9 Å². The lowest BCUT2D eigenvalue weighted by Crippen LogP contribution is -2.79. The number of aromatic nitrogens is 3. The van der Waals surface area contributed by atoms with Gasteiger partial charge in [0.1, 0.15) is 6.07 Å². The maximum absolute atomic E-state index is 11.2. The molecule has 0 saturated heterocycles. The molecule has 9 aromatic carbocycles. The summed E-state index contributed by atoms with van der Waals surface area (Å²) in [5, 5.41) is 16.5. The van der Waals surface area contributed by atoms with Crippen LogP contribution in [0.1, 0.15) is 27.8 Å². The molecule has 2 aliphatic heterocycles. The smallest absolute Gasteiger partial charge is 0.200 e. The first-order chi connectivity index (χ1) is 33.2.